The second-order valence-corrected chi connectivity index (χ2v) is 5.10. The van der Waals surface area contributed by atoms with E-state index >= 15 is 0 Å². The Labute approximate surface area is 111 Å². The van der Waals surface area contributed by atoms with Crippen LogP contribution < -0.4 is 0 Å². The van der Waals surface area contributed by atoms with E-state index in [0.717, 1.165) is 31.4 Å². The smallest absolute Gasteiger partial charge is 0.373 e. The highest BCUT2D eigenvalue weighted by Gasteiger charge is 2.30. The number of carbonyl (C=O) groups excluding carboxylic acids is 1. The van der Waals surface area contributed by atoms with Gasteiger partial charge in [0.1, 0.15) is 5.92 Å². The van der Waals surface area contributed by atoms with Gasteiger partial charge >= 0.3 is 11.9 Å². The van der Waals surface area contributed by atoms with Crippen molar-refractivity contribution in [3.05, 3.63) is 0 Å². The number of aliphatic carboxylic acids is 2. The third-order valence-corrected chi connectivity index (χ3v) is 3.36. The number of rotatable bonds is 11. The molecular weight excluding hydrogens is 256 g/mol. The predicted molar refractivity (Wildman–Crippen MR) is 69.9 cm³/mol. The highest BCUT2D eigenvalue weighted by atomic mass is 32.2. The number of ketones is 1. The molecular formula is C12H20O5S. The van der Waals surface area contributed by atoms with Gasteiger partial charge < -0.3 is 10.2 Å². The molecule has 0 fully saturated rings. The molecule has 0 saturated heterocycles. The first-order chi connectivity index (χ1) is 8.50. The molecule has 18 heavy (non-hydrogen) atoms. The maximum Gasteiger partial charge on any atom is 0.373 e. The van der Waals surface area contributed by atoms with Crippen molar-refractivity contribution in [2.75, 3.05) is 12.0 Å². The van der Waals surface area contributed by atoms with Crippen LogP contribution >= 0.6 is 11.8 Å². The van der Waals surface area contributed by atoms with Crippen molar-refractivity contribution in [2.45, 2.75) is 38.5 Å². The number of unbranched alkanes of at least 4 members (excludes halogenated alkanes) is 4. The number of carboxylic acid groups (broad SMARTS) is 2. The van der Waals surface area contributed by atoms with Gasteiger partial charge in [0.05, 0.1) is 0 Å². The lowest BCUT2D eigenvalue weighted by Crippen LogP contribution is -2.29. The summed E-state index contributed by atoms with van der Waals surface area (Å²) in [6, 6.07) is 0. The SMILES string of the molecule is CSCCCCCCCC(C(=O)O)C(=O)C(=O)O. The molecule has 6 heteroatoms. The molecule has 0 aliphatic heterocycles. The van der Waals surface area contributed by atoms with E-state index in [1.165, 1.54) is 0 Å². The largest absolute Gasteiger partial charge is 0.481 e. The van der Waals surface area contributed by atoms with E-state index in [4.69, 9.17) is 10.2 Å². The van der Waals surface area contributed by atoms with Crippen LogP contribution in [0.5, 0.6) is 0 Å². The molecule has 5 nitrogen and oxygen atoms in total. The molecule has 0 aromatic heterocycles. The molecule has 0 rings (SSSR count). The summed E-state index contributed by atoms with van der Waals surface area (Å²) < 4.78 is 0. The van der Waals surface area contributed by atoms with Crippen molar-refractivity contribution in [3.63, 3.8) is 0 Å². The van der Waals surface area contributed by atoms with Gasteiger partial charge in [0.25, 0.3) is 5.78 Å². The van der Waals surface area contributed by atoms with E-state index in [1.54, 1.807) is 11.8 Å². The van der Waals surface area contributed by atoms with Gasteiger partial charge in [-0.25, -0.2) is 4.79 Å². The summed E-state index contributed by atoms with van der Waals surface area (Å²) >= 11 is 1.79. The average Bonchev–Trinajstić information content (AvgIpc) is 2.31. The van der Waals surface area contributed by atoms with E-state index in [-0.39, 0.29) is 6.42 Å². The normalized spacial score (nSPS) is 12.1. The van der Waals surface area contributed by atoms with Crippen molar-refractivity contribution in [1.29, 1.82) is 0 Å². The van der Waals surface area contributed by atoms with Gasteiger partial charge in [-0.1, -0.05) is 25.7 Å². The second-order valence-electron chi connectivity index (χ2n) is 4.11. The van der Waals surface area contributed by atoms with Gasteiger partial charge in [0.2, 0.25) is 0 Å². The zero-order valence-electron chi connectivity index (χ0n) is 10.6. The van der Waals surface area contributed by atoms with Crippen molar-refractivity contribution in [1.82, 2.24) is 0 Å². The van der Waals surface area contributed by atoms with Gasteiger partial charge in [-0.15, -0.1) is 0 Å². The molecule has 0 aromatic rings. The molecule has 0 saturated carbocycles. The number of hydrogen-bond donors (Lipinski definition) is 2. The molecule has 0 amide bonds. The van der Waals surface area contributed by atoms with Gasteiger partial charge in [-0.3, -0.25) is 9.59 Å². The third-order valence-electron chi connectivity index (χ3n) is 2.67. The summed E-state index contributed by atoms with van der Waals surface area (Å²) in [4.78, 5) is 32.3. The van der Waals surface area contributed by atoms with Gasteiger partial charge in [0, 0.05) is 0 Å². The van der Waals surface area contributed by atoms with Crippen LogP contribution in [0.2, 0.25) is 0 Å². The monoisotopic (exact) mass is 276 g/mol. The molecule has 0 radical (unpaired) electrons. The molecule has 0 aliphatic carbocycles. The van der Waals surface area contributed by atoms with Crippen molar-refractivity contribution < 1.29 is 24.6 Å². The lowest BCUT2D eigenvalue weighted by Gasteiger charge is -2.08. The van der Waals surface area contributed by atoms with Crippen LogP contribution in [0.1, 0.15) is 38.5 Å². The summed E-state index contributed by atoms with van der Waals surface area (Å²) in [5.74, 6) is -4.50. The molecule has 0 aromatic carbocycles. The highest BCUT2D eigenvalue weighted by Crippen LogP contribution is 2.14. The number of carbonyl (C=O) groups is 3. The fraction of sp³-hybridized carbons (Fsp3) is 0.750. The number of carboxylic acids is 2. The van der Waals surface area contributed by atoms with E-state index in [2.05, 4.69) is 6.26 Å². The number of Topliss-reactive ketones (excluding diaryl/α,β-unsaturated/α-hetero) is 1. The van der Waals surface area contributed by atoms with E-state index in [0.29, 0.717) is 6.42 Å². The van der Waals surface area contributed by atoms with E-state index in [9.17, 15) is 14.4 Å². The number of thioether (sulfide) groups is 1. The maximum absolute atomic E-state index is 11.1. The zero-order valence-corrected chi connectivity index (χ0v) is 11.4. The van der Waals surface area contributed by atoms with Crippen LogP contribution in [-0.4, -0.2) is 39.9 Å². The van der Waals surface area contributed by atoms with Crippen LogP contribution in [0.3, 0.4) is 0 Å². The fourth-order valence-electron chi connectivity index (χ4n) is 1.64. The van der Waals surface area contributed by atoms with Crippen LogP contribution in [0.15, 0.2) is 0 Å². The lowest BCUT2D eigenvalue weighted by atomic mass is 9.96. The van der Waals surface area contributed by atoms with Gasteiger partial charge in [0.15, 0.2) is 0 Å². The average molecular weight is 276 g/mol. The second kappa shape index (κ2) is 9.94. The Kier molecular flexibility index (Phi) is 9.36. The van der Waals surface area contributed by atoms with Crippen LogP contribution in [0, 0.1) is 5.92 Å². The Morgan fingerprint density at radius 3 is 2.06 bits per heavy atom. The first-order valence-corrected chi connectivity index (χ1v) is 7.39. The quantitative estimate of drug-likeness (QED) is 0.341. The Morgan fingerprint density at radius 1 is 1.00 bits per heavy atom. The Balaban J connectivity index is 3.82. The minimum absolute atomic E-state index is 0.114. The van der Waals surface area contributed by atoms with Crippen molar-refractivity contribution in [3.8, 4) is 0 Å². The Bertz CT molecular complexity index is 290. The fourth-order valence-corrected chi connectivity index (χ4v) is 2.13. The topological polar surface area (TPSA) is 91.7 Å². The summed E-state index contributed by atoms with van der Waals surface area (Å²) in [6.07, 6.45) is 6.80. The van der Waals surface area contributed by atoms with Crippen LogP contribution in [0.4, 0.5) is 0 Å². The third kappa shape index (κ3) is 7.32. The lowest BCUT2D eigenvalue weighted by molar-refractivity contribution is -0.157. The van der Waals surface area contributed by atoms with Crippen LogP contribution in [0.25, 0.3) is 0 Å². The van der Waals surface area contributed by atoms with Crippen molar-refractivity contribution in [2.24, 2.45) is 5.92 Å². The summed E-state index contributed by atoms with van der Waals surface area (Å²) in [5.41, 5.74) is 0. The van der Waals surface area contributed by atoms with Crippen molar-refractivity contribution >= 4 is 29.5 Å². The molecule has 0 bridgehead atoms. The molecule has 0 heterocycles. The highest BCUT2D eigenvalue weighted by molar-refractivity contribution is 7.98. The molecule has 0 spiro atoms. The van der Waals surface area contributed by atoms with E-state index in [1.807, 2.05) is 0 Å². The first kappa shape index (κ1) is 17.0. The summed E-state index contributed by atoms with van der Waals surface area (Å²) in [6.45, 7) is 0. The Morgan fingerprint density at radius 2 is 1.56 bits per heavy atom. The summed E-state index contributed by atoms with van der Waals surface area (Å²) in [5, 5.41) is 17.3. The molecule has 2 N–H and O–H groups in total. The Hall–Kier alpha value is -1.04. The minimum Gasteiger partial charge on any atom is -0.481 e. The molecule has 104 valence electrons. The minimum atomic E-state index is -1.66. The molecule has 1 unspecified atom stereocenters. The van der Waals surface area contributed by atoms with Crippen LogP contribution in [-0.2, 0) is 14.4 Å². The number of hydrogen-bond acceptors (Lipinski definition) is 4. The predicted octanol–water partition coefficient (Wildman–Crippen LogP) is 2.04. The van der Waals surface area contributed by atoms with Gasteiger partial charge in [-0.05, 0) is 24.9 Å². The first-order valence-electron chi connectivity index (χ1n) is 5.99. The zero-order chi connectivity index (χ0) is 14.0. The summed E-state index contributed by atoms with van der Waals surface area (Å²) in [7, 11) is 0. The van der Waals surface area contributed by atoms with E-state index < -0.39 is 23.6 Å². The maximum atomic E-state index is 11.1. The molecule has 1 atom stereocenters. The van der Waals surface area contributed by atoms with Gasteiger partial charge in [-0.2, -0.15) is 11.8 Å². The standard InChI is InChI=1S/C12H20O5S/c1-18-8-6-4-2-3-5-7-9(11(14)15)10(13)12(16)17/h9H,2-8H2,1H3,(H,14,15)(H,16,17). The molecule has 0 aliphatic rings.